The number of fused-ring (bicyclic) bond motifs is 3. The minimum Gasteiger partial charge on any atom is -0.489 e. The van der Waals surface area contributed by atoms with Crippen molar-refractivity contribution >= 4 is 40.2 Å². The second kappa shape index (κ2) is 10.5. The second-order valence-corrected chi connectivity index (χ2v) is 9.75. The Morgan fingerprint density at radius 2 is 1.85 bits per heavy atom. The number of hydrogen-bond acceptors (Lipinski definition) is 8. The molecule has 0 radical (unpaired) electrons. The van der Waals surface area contributed by atoms with Crippen molar-refractivity contribution in [3.63, 3.8) is 0 Å². The van der Waals surface area contributed by atoms with Crippen LogP contribution in [0.3, 0.4) is 0 Å². The third-order valence-corrected chi connectivity index (χ3v) is 7.25. The fourth-order valence-corrected chi connectivity index (χ4v) is 5.18. The molecule has 1 atom stereocenters. The number of carbonyl (C=O) groups is 1. The summed E-state index contributed by atoms with van der Waals surface area (Å²) < 4.78 is 6.23. The highest BCUT2D eigenvalue weighted by Crippen LogP contribution is 2.38. The van der Waals surface area contributed by atoms with Crippen LogP contribution in [0.1, 0.15) is 15.9 Å². The van der Waals surface area contributed by atoms with Gasteiger partial charge in [0, 0.05) is 74.5 Å². The molecule has 1 amide bonds. The number of hydrogen-bond donors (Lipinski definition) is 3. The third-order valence-electron chi connectivity index (χ3n) is 7.25. The summed E-state index contributed by atoms with van der Waals surface area (Å²) in [5.74, 6) is 1.43. The SMILES string of the molecule is CNC(=O)c1ccccc1Nc1cc(Nc2ccc3c(c2)OCC2CN(c4ccncc4)CCN32)ncc1C. The van der Waals surface area contributed by atoms with E-state index in [2.05, 4.69) is 60.0 Å². The topological polar surface area (TPSA) is 94.6 Å². The van der Waals surface area contributed by atoms with E-state index in [1.165, 1.54) is 5.69 Å². The van der Waals surface area contributed by atoms with Crippen molar-refractivity contribution in [2.45, 2.75) is 13.0 Å². The lowest BCUT2D eigenvalue weighted by atomic mass is 10.1. The number of anilines is 6. The van der Waals surface area contributed by atoms with Crippen molar-refractivity contribution in [2.75, 3.05) is 53.7 Å². The van der Waals surface area contributed by atoms with Gasteiger partial charge in [-0.25, -0.2) is 4.98 Å². The summed E-state index contributed by atoms with van der Waals surface area (Å²) in [7, 11) is 1.63. The molecule has 1 unspecified atom stereocenters. The Morgan fingerprint density at radius 3 is 2.69 bits per heavy atom. The standard InChI is InChI=1S/C30H31N7O2/c1-20-17-33-29(16-26(20)35-25-6-4-3-5-24(25)30(38)31-2)34-21-7-8-27-28(15-21)39-19-23-18-36(13-14-37(23)27)22-9-11-32-12-10-22/h3-12,15-17,23H,13-14,18-19H2,1-2H3,(H,31,38)(H2,33,34,35). The van der Waals surface area contributed by atoms with E-state index in [0.29, 0.717) is 24.0 Å². The predicted molar refractivity (Wildman–Crippen MR) is 155 cm³/mol. The zero-order valence-electron chi connectivity index (χ0n) is 22.0. The number of nitrogens with zero attached hydrogens (tertiary/aromatic N) is 4. The maximum atomic E-state index is 12.3. The molecular formula is C30H31N7O2. The average molecular weight is 522 g/mol. The Balaban J connectivity index is 1.17. The molecule has 39 heavy (non-hydrogen) atoms. The van der Waals surface area contributed by atoms with Crippen LogP contribution in [-0.2, 0) is 0 Å². The van der Waals surface area contributed by atoms with Crippen LogP contribution in [0.5, 0.6) is 5.75 Å². The minimum absolute atomic E-state index is 0.141. The van der Waals surface area contributed by atoms with Crippen LogP contribution in [0.15, 0.2) is 79.3 Å². The van der Waals surface area contributed by atoms with Crippen LogP contribution < -0.4 is 30.5 Å². The fraction of sp³-hybridized carbons (Fsp3) is 0.233. The van der Waals surface area contributed by atoms with Gasteiger partial charge in [0.05, 0.1) is 23.0 Å². The lowest BCUT2D eigenvalue weighted by Crippen LogP contribution is -2.57. The van der Waals surface area contributed by atoms with Crippen LogP contribution in [0.25, 0.3) is 0 Å². The van der Waals surface area contributed by atoms with Gasteiger partial charge in [0.25, 0.3) is 5.91 Å². The number of pyridine rings is 2. The van der Waals surface area contributed by atoms with E-state index in [-0.39, 0.29) is 5.91 Å². The molecule has 2 aliphatic rings. The highest BCUT2D eigenvalue weighted by Gasteiger charge is 2.33. The Hall–Kier alpha value is -4.79. The number of ether oxygens (including phenoxy) is 1. The van der Waals surface area contributed by atoms with E-state index >= 15 is 0 Å². The molecule has 198 valence electrons. The van der Waals surface area contributed by atoms with Gasteiger partial charge in [0.15, 0.2) is 0 Å². The number of nitrogens with one attached hydrogen (secondary N) is 3. The van der Waals surface area contributed by atoms with E-state index < -0.39 is 0 Å². The first-order chi connectivity index (χ1) is 19.1. The number of amides is 1. The normalized spacial score (nSPS) is 16.0. The number of rotatable bonds is 6. The summed E-state index contributed by atoms with van der Waals surface area (Å²) in [6.07, 6.45) is 5.50. The molecule has 9 nitrogen and oxygen atoms in total. The van der Waals surface area contributed by atoms with Crippen LogP contribution in [-0.4, -0.2) is 55.2 Å². The van der Waals surface area contributed by atoms with Gasteiger partial charge in [-0.3, -0.25) is 9.78 Å². The number of benzene rings is 2. The van der Waals surface area contributed by atoms with Crippen LogP contribution in [0, 0.1) is 6.92 Å². The van der Waals surface area contributed by atoms with E-state index in [0.717, 1.165) is 53.7 Å². The zero-order valence-corrected chi connectivity index (χ0v) is 22.0. The van der Waals surface area contributed by atoms with Crippen LogP contribution >= 0.6 is 0 Å². The Kier molecular flexibility index (Phi) is 6.62. The highest BCUT2D eigenvalue weighted by molar-refractivity contribution is 6.00. The van der Waals surface area contributed by atoms with Gasteiger partial charge in [0.2, 0.25) is 0 Å². The molecule has 0 saturated carbocycles. The van der Waals surface area contributed by atoms with Gasteiger partial charge in [-0.1, -0.05) is 12.1 Å². The second-order valence-electron chi connectivity index (χ2n) is 9.75. The summed E-state index contributed by atoms with van der Waals surface area (Å²) in [6, 6.07) is 20.0. The van der Waals surface area contributed by atoms with Crippen molar-refractivity contribution in [2.24, 2.45) is 0 Å². The lowest BCUT2D eigenvalue weighted by molar-refractivity contribution is 0.0964. The number of para-hydroxylation sites is 1. The van der Waals surface area contributed by atoms with E-state index in [1.54, 1.807) is 13.1 Å². The molecule has 2 aliphatic heterocycles. The first-order valence-electron chi connectivity index (χ1n) is 13.1. The molecule has 2 aromatic carbocycles. The summed E-state index contributed by atoms with van der Waals surface area (Å²) in [5, 5.41) is 9.51. The van der Waals surface area contributed by atoms with Gasteiger partial charge in [-0.2, -0.15) is 0 Å². The van der Waals surface area contributed by atoms with Crippen LogP contribution in [0.2, 0.25) is 0 Å². The van der Waals surface area contributed by atoms with Crippen molar-refractivity contribution in [1.29, 1.82) is 0 Å². The number of aromatic nitrogens is 2. The molecule has 0 aliphatic carbocycles. The minimum atomic E-state index is -0.141. The van der Waals surface area contributed by atoms with E-state index in [4.69, 9.17) is 4.74 Å². The maximum Gasteiger partial charge on any atom is 0.253 e. The predicted octanol–water partition coefficient (Wildman–Crippen LogP) is 4.72. The Labute approximate surface area is 227 Å². The van der Waals surface area contributed by atoms with Crippen molar-refractivity contribution in [1.82, 2.24) is 15.3 Å². The number of aryl methyl sites for hydroxylation is 1. The van der Waals surface area contributed by atoms with Gasteiger partial charge in [-0.05, 0) is 48.9 Å². The number of piperazine rings is 1. The van der Waals surface area contributed by atoms with Gasteiger partial charge >= 0.3 is 0 Å². The smallest absolute Gasteiger partial charge is 0.253 e. The molecule has 2 aromatic heterocycles. The summed E-state index contributed by atoms with van der Waals surface area (Å²) in [4.78, 5) is 25.9. The molecule has 0 spiro atoms. The van der Waals surface area contributed by atoms with Gasteiger partial charge in [0.1, 0.15) is 18.2 Å². The molecule has 0 bridgehead atoms. The molecule has 9 heteroatoms. The van der Waals surface area contributed by atoms with Crippen molar-refractivity contribution in [3.8, 4) is 5.75 Å². The summed E-state index contributed by atoms with van der Waals surface area (Å²) in [6.45, 7) is 5.42. The average Bonchev–Trinajstić information content (AvgIpc) is 2.98. The fourth-order valence-electron chi connectivity index (χ4n) is 5.18. The highest BCUT2D eigenvalue weighted by atomic mass is 16.5. The molecule has 4 aromatic rings. The van der Waals surface area contributed by atoms with Gasteiger partial charge < -0.3 is 30.5 Å². The maximum absolute atomic E-state index is 12.3. The molecule has 3 N–H and O–H groups in total. The molecule has 1 saturated heterocycles. The number of carbonyl (C=O) groups excluding carboxylic acids is 1. The lowest BCUT2D eigenvalue weighted by Gasteiger charge is -2.46. The summed E-state index contributed by atoms with van der Waals surface area (Å²) >= 11 is 0. The summed E-state index contributed by atoms with van der Waals surface area (Å²) in [5.41, 5.74) is 6.37. The monoisotopic (exact) mass is 521 g/mol. The Bertz CT molecular complexity index is 1490. The Morgan fingerprint density at radius 1 is 1.00 bits per heavy atom. The largest absolute Gasteiger partial charge is 0.489 e. The third kappa shape index (κ3) is 5.03. The van der Waals surface area contributed by atoms with E-state index in [9.17, 15) is 4.79 Å². The zero-order chi connectivity index (χ0) is 26.8. The van der Waals surface area contributed by atoms with Crippen molar-refractivity contribution < 1.29 is 9.53 Å². The molecule has 6 rings (SSSR count). The first kappa shape index (κ1) is 24.5. The van der Waals surface area contributed by atoms with Gasteiger partial charge in [-0.15, -0.1) is 0 Å². The molecule has 1 fully saturated rings. The first-order valence-corrected chi connectivity index (χ1v) is 13.1. The quantitative estimate of drug-likeness (QED) is 0.336. The molecular weight excluding hydrogens is 490 g/mol. The van der Waals surface area contributed by atoms with Crippen LogP contribution in [0.4, 0.5) is 34.3 Å². The van der Waals surface area contributed by atoms with Crippen molar-refractivity contribution in [3.05, 3.63) is 90.4 Å². The van der Waals surface area contributed by atoms with E-state index in [1.807, 2.05) is 55.8 Å². The molecule has 4 heterocycles.